The Morgan fingerprint density at radius 1 is 1.58 bits per heavy atom. The zero-order valence-electron chi connectivity index (χ0n) is 10.9. The molecule has 0 bridgehead atoms. The summed E-state index contributed by atoms with van der Waals surface area (Å²) in [6, 6.07) is 4.28. The van der Waals surface area contributed by atoms with Gasteiger partial charge in [-0.3, -0.25) is 10.1 Å². The maximum Gasteiger partial charge on any atom is 0.312 e. The summed E-state index contributed by atoms with van der Waals surface area (Å²) in [7, 11) is 0. The standard InChI is InChI=1S/C12H17ClN2O4/c1-3-14-7-12(2,16)8-19-11-9(13)5-4-6-10(11)15(17)18/h4-6,14,16H,3,7-8H2,1-2H3. The molecule has 1 rings (SSSR count). The van der Waals surface area contributed by atoms with Gasteiger partial charge in [-0.1, -0.05) is 24.6 Å². The minimum atomic E-state index is -1.14. The van der Waals surface area contributed by atoms with Crippen molar-refractivity contribution in [2.45, 2.75) is 19.4 Å². The van der Waals surface area contributed by atoms with E-state index in [9.17, 15) is 15.2 Å². The molecule has 2 N–H and O–H groups in total. The van der Waals surface area contributed by atoms with Gasteiger partial charge in [0, 0.05) is 12.6 Å². The molecule has 0 saturated heterocycles. The number of hydrogen-bond acceptors (Lipinski definition) is 5. The molecule has 7 heteroatoms. The Balaban J connectivity index is 2.80. The lowest BCUT2D eigenvalue weighted by Crippen LogP contribution is -2.42. The first-order valence-electron chi connectivity index (χ1n) is 5.86. The van der Waals surface area contributed by atoms with Crippen LogP contribution in [-0.4, -0.2) is 35.3 Å². The van der Waals surface area contributed by atoms with E-state index >= 15 is 0 Å². The van der Waals surface area contributed by atoms with Crippen LogP contribution in [0.2, 0.25) is 5.02 Å². The highest BCUT2D eigenvalue weighted by atomic mass is 35.5. The lowest BCUT2D eigenvalue weighted by Gasteiger charge is -2.23. The Kier molecular flexibility index (Phi) is 5.53. The number of likely N-dealkylation sites (N-methyl/N-ethyl adjacent to an activating group) is 1. The topological polar surface area (TPSA) is 84.6 Å². The summed E-state index contributed by atoms with van der Waals surface area (Å²) in [4.78, 5) is 10.3. The number of rotatable bonds is 7. The van der Waals surface area contributed by atoms with Crippen LogP contribution in [-0.2, 0) is 0 Å². The Hall–Kier alpha value is -1.37. The maximum absolute atomic E-state index is 10.9. The van der Waals surface area contributed by atoms with Gasteiger partial charge in [0.1, 0.15) is 12.2 Å². The average Bonchev–Trinajstić information content (AvgIpc) is 2.34. The van der Waals surface area contributed by atoms with E-state index in [0.29, 0.717) is 13.1 Å². The Morgan fingerprint density at radius 2 is 2.26 bits per heavy atom. The van der Waals surface area contributed by atoms with Crippen molar-refractivity contribution in [1.29, 1.82) is 0 Å². The molecule has 106 valence electrons. The van der Waals surface area contributed by atoms with Gasteiger partial charge in [0.15, 0.2) is 0 Å². The molecule has 1 aromatic rings. The molecule has 0 radical (unpaired) electrons. The predicted molar refractivity (Wildman–Crippen MR) is 72.8 cm³/mol. The van der Waals surface area contributed by atoms with Crippen LogP contribution >= 0.6 is 11.6 Å². The third-order valence-electron chi connectivity index (χ3n) is 2.43. The number of nitrogens with one attached hydrogen (secondary N) is 1. The first-order valence-corrected chi connectivity index (χ1v) is 6.24. The summed E-state index contributed by atoms with van der Waals surface area (Å²) in [5.41, 5.74) is -1.35. The van der Waals surface area contributed by atoms with Gasteiger partial charge in [-0.15, -0.1) is 0 Å². The Bertz CT molecular complexity index is 451. The number of hydrogen-bond donors (Lipinski definition) is 2. The van der Waals surface area contributed by atoms with Crippen molar-refractivity contribution in [3.05, 3.63) is 33.3 Å². The Labute approximate surface area is 116 Å². The van der Waals surface area contributed by atoms with Crippen LogP contribution in [0.25, 0.3) is 0 Å². The number of nitro benzene ring substituents is 1. The molecule has 1 atom stereocenters. The molecule has 0 fully saturated rings. The Morgan fingerprint density at radius 3 is 2.84 bits per heavy atom. The van der Waals surface area contributed by atoms with Gasteiger partial charge in [-0.2, -0.15) is 0 Å². The minimum absolute atomic E-state index is 0.0223. The van der Waals surface area contributed by atoms with E-state index < -0.39 is 10.5 Å². The number of para-hydroxylation sites is 1. The van der Waals surface area contributed by atoms with Gasteiger partial charge < -0.3 is 15.2 Å². The van der Waals surface area contributed by atoms with Gasteiger partial charge in [0.05, 0.1) is 9.95 Å². The summed E-state index contributed by atoms with van der Waals surface area (Å²) in [6.45, 7) is 4.43. The third-order valence-corrected chi connectivity index (χ3v) is 2.72. The van der Waals surface area contributed by atoms with Crippen LogP contribution in [0.3, 0.4) is 0 Å². The van der Waals surface area contributed by atoms with Crippen molar-refractivity contribution in [3.8, 4) is 5.75 Å². The molecular formula is C12H17ClN2O4. The fourth-order valence-electron chi connectivity index (χ4n) is 1.46. The summed E-state index contributed by atoms with van der Waals surface area (Å²) < 4.78 is 5.33. The van der Waals surface area contributed by atoms with Crippen molar-refractivity contribution in [2.75, 3.05) is 19.7 Å². The summed E-state index contributed by atoms with van der Waals surface area (Å²) >= 11 is 5.88. The van der Waals surface area contributed by atoms with Crippen molar-refractivity contribution >= 4 is 17.3 Å². The van der Waals surface area contributed by atoms with Crippen molar-refractivity contribution in [1.82, 2.24) is 5.32 Å². The minimum Gasteiger partial charge on any atom is -0.483 e. The number of nitrogens with zero attached hydrogens (tertiary/aromatic N) is 1. The van der Waals surface area contributed by atoms with Gasteiger partial charge in [-0.25, -0.2) is 0 Å². The second-order valence-electron chi connectivity index (χ2n) is 4.41. The number of ether oxygens (including phenoxy) is 1. The molecule has 6 nitrogen and oxygen atoms in total. The molecule has 19 heavy (non-hydrogen) atoms. The van der Waals surface area contributed by atoms with Crippen molar-refractivity contribution in [2.24, 2.45) is 0 Å². The monoisotopic (exact) mass is 288 g/mol. The summed E-state index contributed by atoms with van der Waals surface area (Å²) in [5, 5.41) is 24.0. The van der Waals surface area contributed by atoms with E-state index in [4.69, 9.17) is 16.3 Å². The normalized spacial score (nSPS) is 13.9. The molecule has 0 amide bonds. The van der Waals surface area contributed by atoms with E-state index in [1.54, 1.807) is 6.92 Å². The number of benzene rings is 1. The summed E-state index contributed by atoms with van der Waals surface area (Å²) in [6.07, 6.45) is 0. The maximum atomic E-state index is 10.9. The second kappa shape index (κ2) is 6.70. The van der Waals surface area contributed by atoms with Crippen LogP contribution in [0.4, 0.5) is 5.69 Å². The lowest BCUT2D eigenvalue weighted by atomic mass is 10.1. The molecule has 0 saturated carbocycles. The van der Waals surface area contributed by atoms with Gasteiger partial charge in [0.2, 0.25) is 5.75 Å². The zero-order chi connectivity index (χ0) is 14.5. The van der Waals surface area contributed by atoms with Crippen LogP contribution < -0.4 is 10.1 Å². The van der Waals surface area contributed by atoms with Crippen molar-refractivity contribution < 1.29 is 14.8 Å². The average molecular weight is 289 g/mol. The third kappa shape index (κ3) is 4.66. The SMILES string of the molecule is CCNCC(C)(O)COc1c(Cl)cccc1[N+](=O)[O-]. The van der Waals surface area contributed by atoms with Crippen LogP contribution in [0.5, 0.6) is 5.75 Å². The smallest absolute Gasteiger partial charge is 0.312 e. The molecular weight excluding hydrogens is 272 g/mol. The molecule has 0 heterocycles. The second-order valence-corrected chi connectivity index (χ2v) is 4.82. The highest BCUT2D eigenvalue weighted by Gasteiger charge is 2.24. The van der Waals surface area contributed by atoms with E-state index in [1.165, 1.54) is 18.2 Å². The highest BCUT2D eigenvalue weighted by molar-refractivity contribution is 6.32. The fourth-order valence-corrected chi connectivity index (χ4v) is 1.68. The lowest BCUT2D eigenvalue weighted by molar-refractivity contribution is -0.386. The van der Waals surface area contributed by atoms with E-state index in [0.717, 1.165) is 0 Å². The van der Waals surface area contributed by atoms with Crippen LogP contribution in [0, 0.1) is 10.1 Å². The predicted octanol–water partition coefficient (Wildman–Crippen LogP) is 1.99. The van der Waals surface area contributed by atoms with Gasteiger partial charge in [-0.05, 0) is 19.5 Å². The zero-order valence-corrected chi connectivity index (χ0v) is 11.6. The van der Waals surface area contributed by atoms with Crippen molar-refractivity contribution in [3.63, 3.8) is 0 Å². The molecule has 1 aromatic carbocycles. The van der Waals surface area contributed by atoms with E-state index in [-0.39, 0.29) is 23.1 Å². The first-order chi connectivity index (χ1) is 8.87. The fraction of sp³-hybridized carbons (Fsp3) is 0.500. The quantitative estimate of drug-likeness (QED) is 0.592. The molecule has 0 aromatic heterocycles. The molecule has 0 spiro atoms. The van der Waals surface area contributed by atoms with Gasteiger partial charge in [0.25, 0.3) is 0 Å². The molecule has 0 aliphatic carbocycles. The van der Waals surface area contributed by atoms with E-state index in [1.807, 2.05) is 6.92 Å². The van der Waals surface area contributed by atoms with Crippen LogP contribution in [0.15, 0.2) is 18.2 Å². The summed E-state index contributed by atoms with van der Waals surface area (Å²) in [5.74, 6) is -0.0223. The number of aliphatic hydroxyl groups is 1. The molecule has 0 aliphatic rings. The largest absolute Gasteiger partial charge is 0.483 e. The molecule has 1 unspecified atom stereocenters. The van der Waals surface area contributed by atoms with Crippen LogP contribution in [0.1, 0.15) is 13.8 Å². The number of nitro groups is 1. The van der Waals surface area contributed by atoms with E-state index in [2.05, 4.69) is 5.32 Å². The van der Waals surface area contributed by atoms with Gasteiger partial charge >= 0.3 is 5.69 Å². The highest BCUT2D eigenvalue weighted by Crippen LogP contribution is 2.34. The molecule has 0 aliphatic heterocycles. The first kappa shape index (κ1) is 15.7. The number of halogens is 1.